The molecular formula is C15H12F3N5OS2. The zero-order chi connectivity index (χ0) is 18.1. The monoisotopic (exact) mass is 399 g/mol. The molecule has 26 heavy (non-hydrogen) atoms. The Morgan fingerprint density at radius 2 is 2.12 bits per heavy atom. The molecule has 0 aliphatic heterocycles. The fraction of sp³-hybridized carbons (Fsp3) is 0.333. The van der Waals surface area contributed by atoms with Gasteiger partial charge in [0.15, 0.2) is 4.34 Å². The van der Waals surface area contributed by atoms with Crippen LogP contribution in [0, 0.1) is 0 Å². The summed E-state index contributed by atoms with van der Waals surface area (Å²) < 4.78 is 44.3. The number of anilines is 1. The number of alkyl halides is 3. The SMILES string of the molecule is FC(F)(F)c1cccc(-c2noc(CSc3nnc(NC4CC4)s3)n2)c1. The van der Waals surface area contributed by atoms with E-state index in [9.17, 15) is 13.2 Å². The lowest BCUT2D eigenvalue weighted by atomic mass is 10.1. The second kappa shape index (κ2) is 6.88. The van der Waals surface area contributed by atoms with E-state index in [-0.39, 0.29) is 11.4 Å². The molecule has 2 heterocycles. The number of rotatable bonds is 6. The van der Waals surface area contributed by atoms with Gasteiger partial charge in [-0.25, -0.2) is 0 Å². The molecule has 0 saturated heterocycles. The molecular weight excluding hydrogens is 387 g/mol. The Labute approximate surface area is 154 Å². The van der Waals surface area contributed by atoms with Crippen LogP contribution < -0.4 is 5.32 Å². The van der Waals surface area contributed by atoms with Crippen LogP contribution in [0.2, 0.25) is 0 Å². The van der Waals surface area contributed by atoms with Gasteiger partial charge < -0.3 is 9.84 Å². The molecule has 1 aliphatic rings. The molecule has 0 spiro atoms. The molecule has 6 nitrogen and oxygen atoms in total. The van der Waals surface area contributed by atoms with Gasteiger partial charge in [0.05, 0.1) is 11.3 Å². The van der Waals surface area contributed by atoms with Crippen LogP contribution in [0.4, 0.5) is 18.3 Å². The third-order valence-electron chi connectivity index (χ3n) is 3.55. The lowest BCUT2D eigenvalue weighted by molar-refractivity contribution is -0.137. The Morgan fingerprint density at radius 1 is 1.27 bits per heavy atom. The number of halogens is 3. The van der Waals surface area contributed by atoms with Gasteiger partial charge in [0.25, 0.3) is 0 Å². The fourth-order valence-electron chi connectivity index (χ4n) is 2.12. The molecule has 0 unspecified atom stereocenters. The van der Waals surface area contributed by atoms with Crippen LogP contribution in [-0.4, -0.2) is 26.4 Å². The van der Waals surface area contributed by atoms with Gasteiger partial charge in [-0.15, -0.1) is 10.2 Å². The Kier molecular flexibility index (Phi) is 4.57. The largest absolute Gasteiger partial charge is 0.416 e. The van der Waals surface area contributed by atoms with E-state index in [1.165, 1.54) is 35.2 Å². The molecule has 2 aromatic heterocycles. The van der Waals surface area contributed by atoms with Gasteiger partial charge in [-0.05, 0) is 25.0 Å². The van der Waals surface area contributed by atoms with Gasteiger partial charge in [0, 0.05) is 11.6 Å². The van der Waals surface area contributed by atoms with Crippen LogP contribution in [-0.2, 0) is 11.9 Å². The van der Waals surface area contributed by atoms with Crippen molar-refractivity contribution in [1.29, 1.82) is 0 Å². The van der Waals surface area contributed by atoms with Crippen molar-refractivity contribution in [3.05, 3.63) is 35.7 Å². The Hall–Kier alpha value is -2.14. The third-order valence-corrected chi connectivity index (χ3v) is 5.52. The number of nitrogens with zero attached hydrogens (tertiary/aromatic N) is 4. The molecule has 3 aromatic rings. The quantitative estimate of drug-likeness (QED) is 0.613. The van der Waals surface area contributed by atoms with Crippen molar-refractivity contribution < 1.29 is 17.7 Å². The summed E-state index contributed by atoms with van der Waals surface area (Å²) in [6.45, 7) is 0. The maximum absolute atomic E-state index is 12.8. The van der Waals surface area contributed by atoms with Crippen molar-refractivity contribution in [2.24, 2.45) is 0 Å². The molecule has 1 aliphatic carbocycles. The van der Waals surface area contributed by atoms with E-state index in [1.54, 1.807) is 0 Å². The summed E-state index contributed by atoms with van der Waals surface area (Å²) in [5.41, 5.74) is -0.494. The molecule has 0 amide bonds. The van der Waals surface area contributed by atoms with E-state index in [0.29, 0.717) is 17.7 Å². The topological polar surface area (TPSA) is 76.7 Å². The van der Waals surface area contributed by atoms with Crippen molar-refractivity contribution in [3.63, 3.8) is 0 Å². The first-order valence-corrected chi connectivity index (χ1v) is 9.50. The van der Waals surface area contributed by atoms with Gasteiger partial charge in [-0.3, -0.25) is 0 Å². The van der Waals surface area contributed by atoms with Gasteiger partial charge in [0.2, 0.25) is 16.8 Å². The van der Waals surface area contributed by atoms with E-state index < -0.39 is 11.7 Å². The standard InChI is InChI=1S/C15H12F3N5OS2/c16-15(17,18)9-3-1-2-8(6-9)12-20-11(24-23-12)7-25-14-22-21-13(26-14)19-10-4-5-10/h1-3,6,10H,4-5,7H2,(H,19,21). The number of hydrogen-bond acceptors (Lipinski definition) is 8. The maximum atomic E-state index is 12.8. The summed E-state index contributed by atoms with van der Waals surface area (Å²) in [6, 6.07) is 5.34. The van der Waals surface area contributed by atoms with E-state index in [2.05, 4.69) is 25.7 Å². The Bertz CT molecular complexity index is 907. The minimum Gasteiger partial charge on any atom is -0.357 e. The summed E-state index contributed by atoms with van der Waals surface area (Å²) in [6.07, 6.45) is -2.10. The van der Waals surface area contributed by atoms with Crippen LogP contribution in [0.1, 0.15) is 24.3 Å². The van der Waals surface area contributed by atoms with Gasteiger partial charge in [0.1, 0.15) is 0 Å². The molecule has 1 saturated carbocycles. The molecule has 1 fully saturated rings. The number of nitrogens with one attached hydrogen (secondary N) is 1. The number of thioether (sulfide) groups is 1. The van der Waals surface area contributed by atoms with E-state index in [0.717, 1.165) is 34.4 Å². The summed E-state index contributed by atoms with van der Waals surface area (Å²) >= 11 is 2.83. The molecule has 4 rings (SSSR count). The second-order valence-corrected chi connectivity index (χ2v) is 7.87. The van der Waals surface area contributed by atoms with E-state index >= 15 is 0 Å². The van der Waals surface area contributed by atoms with Crippen molar-refractivity contribution in [3.8, 4) is 11.4 Å². The molecule has 0 atom stereocenters. The van der Waals surface area contributed by atoms with Gasteiger partial charge >= 0.3 is 6.18 Å². The molecule has 1 aromatic carbocycles. The first kappa shape index (κ1) is 17.3. The summed E-state index contributed by atoms with van der Waals surface area (Å²) in [5.74, 6) is 0.804. The molecule has 0 bridgehead atoms. The molecule has 0 radical (unpaired) electrons. The first-order valence-electron chi connectivity index (χ1n) is 7.70. The first-order chi connectivity index (χ1) is 12.5. The predicted molar refractivity (Wildman–Crippen MR) is 90.9 cm³/mol. The van der Waals surface area contributed by atoms with E-state index in [4.69, 9.17) is 4.52 Å². The lowest BCUT2D eigenvalue weighted by Crippen LogP contribution is -2.04. The minimum absolute atomic E-state index is 0.125. The summed E-state index contributed by atoms with van der Waals surface area (Å²) in [4.78, 5) is 4.16. The average molecular weight is 399 g/mol. The highest BCUT2D eigenvalue weighted by Crippen LogP contribution is 2.33. The Balaban J connectivity index is 1.40. The minimum atomic E-state index is -4.41. The van der Waals surface area contributed by atoms with Crippen LogP contribution in [0.3, 0.4) is 0 Å². The highest BCUT2D eigenvalue weighted by atomic mass is 32.2. The zero-order valence-corrected chi connectivity index (χ0v) is 14.8. The van der Waals surface area contributed by atoms with Gasteiger partial charge in [-0.2, -0.15) is 18.2 Å². The second-order valence-electron chi connectivity index (χ2n) is 5.67. The van der Waals surface area contributed by atoms with Crippen LogP contribution in [0.25, 0.3) is 11.4 Å². The highest BCUT2D eigenvalue weighted by molar-refractivity contribution is 8.00. The maximum Gasteiger partial charge on any atom is 0.416 e. The normalized spacial score (nSPS) is 14.6. The molecule has 11 heteroatoms. The third kappa shape index (κ3) is 4.15. The fourth-order valence-corrected chi connectivity index (χ4v) is 3.78. The van der Waals surface area contributed by atoms with E-state index in [1.807, 2.05) is 0 Å². The zero-order valence-electron chi connectivity index (χ0n) is 13.2. The lowest BCUT2D eigenvalue weighted by Gasteiger charge is -2.06. The average Bonchev–Trinajstić information content (AvgIpc) is 3.11. The Morgan fingerprint density at radius 3 is 2.88 bits per heavy atom. The summed E-state index contributed by atoms with van der Waals surface area (Å²) in [5, 5.41) is 15.9. The smallest absolute Gasteiger partial charge is 0.357 e. The summed E-state index contributed by atoms with van der Waals surface area (Å²) in [7, 11) is 0. The number of aromatic nitrogens is 4. The van der Waals surface area contributed by atoms with Crippen molar-refractivity contribution in [1.82, 2.24) is 20.3 Å². The van der Waals surface area contributed by atoms with Crippen molar-refractivity contribution in [2.45, 2.75) is 35.2 Å². The number of benzene rings is 1. The number of hydrogen-bond donors (Lipinski definition) is 1. The predicted octanol–water partition coefficient (Wildman–Crippen LogP) is 4.47. The molecule has 136 valence electrons. The van der Waals surface area contributed by atoms with Crippen LogP contribution in [0.15, 0.2) is 33.1 Å². The molecule has 1 N–H and O–H groups in total. The van der Waals surface area contributed by atoms with Crippen molar-refractivity contribution in [2.75, 3.05) is 5.32 Å². The van der Waals surface area contributed by atoms with Crippen LogP contribution in [0.5, 0.6) is 0 Å². The van der Waals surface area contributed by atoms with Crippen molar-refractivity contribution >= 4 is 28.2 Å². The van der Waals surface area contributed by atoms with Gasteiger partial charge in [-0.1, -0.05) is 40.4 Å². The van der Waals surface area contributed by atoms with Crippen LogP contribution >= 0.6 is 23.1 Å². The highest BCUT2D eigenvalue weighted by Gasteiger charge is 2.30.